The van der Waals surface area contributed by atoms with Gasteiger partial charge in [0.25, 0.3) is 0 Å². The lowest BCUT2D eigenvalue weighted by atomic mass is 9.44. The molecule has 0 bridgehead atoms. The van der Waals surface area contributed by atoms with E-state index in [9.17, 15) is 24.6 Å². The van der Waals surface area contributed by atoms with E-state index in [1.54, 1.807) is 19.1 Å². The van der Waals surface area contributed by atoms with Gasteiger partial charge >= 0.3 is 17.9 Å². The first kappa shape index (κ1) is 30.1. The molecule has 1 spiro atoms. The third-order valence-corrected chi connectivity index (χ3v) is 9.06. The fraction of sp³-hybridized carbons (Fsp3) is 0.690. The Morgan fingerprint density at radius 1 is 1.21 bits per heavy atom. The number of rotatable bonds is 9. The van der Waals surface area contributed by atoms with Gasteiger partial charge in [-0.2, -0.15) is 0 Å². The average Bonchev–Trinajstić information content (AvgIpc) is 3.15. The number of hydrogen-bond acceptors (Lipinski definition) is 9. The quantitative estimate of drug-likeness (QED) is 0.197. The van der Waals surface area contributed by atoms with Gasteiger partial charge in [-0.15, -0.1) is 0 Å². The van der Waals surface area contributed by atoms with E-state index < -0.39 is 65.5 Å². The molecule has 2 N–H and O–H groups in total. The number of aliphatic hydroxyl groups excluding tert-OH is 2. The maximum atomic E-state index is 12.8. The smallest absolute Gasteiger partial charge is 0.309 e. The van der Waals surface area contributed by atoms with Crippen LogP contribution in [0.5, 0.6) is 0 Å². The van der Waals surface area contributed by atoms with Gasteiger partial charge in [0.15, 0.2) is 0 Å². The normalized spacial score (nSPS) is 38.6. The van der Waals surface area contributed by atoms with Gasteiger partial charge < -0.3 is 24.4 Å². The molecule has 1 aliphatic heterocycles. The van der Waals surface area contributed by atoms with Gasteiger partial charge in [-0.1, -0.05) is 52.5 Å². The van der Waals surface area contributed by atoms with Crippen LogP contribution in [-0.4, -0.2) is 59.0 Å². The van der Waals surface area contributed by atoms with E-state index in [0.29, 0.717) is 24.8 Å². The van der Waals surface area contributed by atoms with E-state index in [2.05, 4.69) is 13.2 Å². The summed E-state index contributed by atoms with van der Waals surface area (Å²) in [7, 11) is 0. The van der Waals surface area contributed by atoms with Gasteiger partial charge in [-0.3, -0.25) is 19.1 Å². The van der Waals surface area contributed by atoms with Gasteiger partial charge in [0, 0.05) is 19.4 Å². The van der Waals surface area contributed by atoms with Crippen LogP contribution in [0.4, 0.5) is 0 Å². The van der Waals surface area contributed by atoms with E-state index in [-0.39, 0.29) is 18.3 Å². The lowest BCUT2D eigenvalue weighted by Crippen LogP contribution is -2.68. The van der Waals surface area contributed by atoms with Crippen molar-refractivity contribution in [1.82, 2.24) is 0 Å². The molecule has 3 aliphatic rings. The second kappa shape index (κ2) is 11.3. The fourth-order valence-electron chi connectivity index (χ4n) is 6.48. The molecule has 2 aliphatic carbocycles. The molecular formula is C29H42O9. The molecule has 10 atom stereocenters. The van der Waals surface area contributed by atoms with Crippen LogP contribution in [0.15, 0.2) is 36.5 Å². The Morgan fingerprint density at radius 3 is 2.39 bits per heavy atom. The van der Waals surface area contributed by atoms with Crippen LogP contribution >= 0.6 is 0 Å². The molecule has 1 heterocycles. The molecule has 0 aromatic carbocycles. The average molecular weight is 535 g/mol. The molecule has 1 saturated carbocycles. The third-order valence-electron chi connectivity index (χ3n) is 9.06. The maximum Gasteiger partial charge on any atom is 0.309 e. The molecule has 9 nitrogen and oxygen atoms in total. The molecule has 2 fully saturated rings. The van der Waals surface area contributed by atoms with E-state index in [1.165, 1.54) is 13.8 Å². The summed E-state index contributed by atoms with van der Waals surface area (Å²) in [5.74, 6) is -2.89. The molecule has 3 rings (SSSR count). The molecule has 9 heteroatoms. The lowest BCUT2D eigenvalue weighted by Gasteiger charge is -2.62. The van der Waals surface area contributed by atoms with Crippen LogP contribution in [-0.2, 0) is 33.3 Å². The molecule has 0 amide bonds. The van der Waals surface area contributed by atoms with E-state index in [4.69, 9.17) is 18.9 Å². The first-order valence-corrected chi connectivity index (χ1v) is 13.3. The van der Waals surface area contributed by atoms with Crippen molar-refractivity contribution in [2.24, 2.45) is 28.6 Å². The molecule has 0 aromatic heterocycles. The summed E-state index contributed by atoms with van der Waals surface area (Å²) in [5.41, 5.74) is -0.972. The standard InChI is InChI=1S/C29H42O9/c1-9-15(3)11-12-28(8)17(5)23(32)24(33)29-21(26(35-18(6)30)38-27(29)36-19(7)31)13-20(14-22(28)29)37-25(34)16(4)10-2/h9,13,16-17,20,22-24,26-27,32-33H,1,3,10-12,14H2,2,4-8H3/t16-,17-,20-,22-,23+,24+,26+,27-,28+,29+/m1/s1. The summed E-state index contributed by atoms with van der Waals surface area (Å²) < 4.78 is 23.0. The number of carbonyl (C=O) groups is 3. The van der Waals surface area contributed by atoms with Crippen molar-refractivity contribution in [3.8, 4) is 0 Å². The minimum Gasteiger partial charge on any atom is -0.458 e. The molecule has 0 aromatic rings. The zero-order valence-corrected chi connectivity index (χ0v) is 23.3. The number of carbonyl (C=O) groups excluding carboxylic acids is 3. The Morgan fingerprint density at radius 2 is 1.84 bits per heavy atom. The molecule has 38 heavy (non-hydrogen) atoms. The van der Waals surface area contributed by atoms with E-state index in [1.807, 2.05) is 20.8 Å². The van der Waals surface area contributed by atoms with Crippen LogP contribution in [0.2, 0.25) is 0 Å². The summed E-state index contributed by atoms with van der Waals surface area (Å²) in [6.45, 7) is 17.8. The van der Waals surface area contributed by atoms with Gasteiger partial charge in [0.05, 0.1) is 23.5 Å². The Balaban J connectivity index is 2.24. The minimum absolute atomic E-state index is 0.283. The third kappa shape index (κ3) is 5.08. The number of esters is 3. The van der Waals surface area contributed by atoms with Crippen molar-refractivity contribution < 1.29 is 43.5 Å². The van der Waals surface area contributed by atoms with Crippen molar-refractivity contribution in [1.29, 1.82) is 0 Å². The van der Waals surface area contributed by atoms with Crippen LogP contribution in [0.1, 0.15) is 67.2 Å². The maximum absolute atomic E-state index is 12.8. The molecule has 1 saturated heterocycles. The molecule has 0 radical (unpaired) electrons. The second-order valence-corrected chi connectivity index (χ2v) is 11.2. The Bertz CT molecular complexity index is 1000. The summed E-state index contributed by atoms with van der Waals surface area (Å²) in [6.07, 6.45) is -0.661. The predicted octanol–water partition coefficient (Wildman–Crippen LogP) is 3.59. The topological polar surface area (TPSA) is 129 Å². The van der Waals surface area contributed by atoms with Crippen LogP contribution in [0, 0.1) is 28.6 Å². The first-order valence-electron chi connectivity index (χ1n) is 13.3. The monoisotopic (exact) mass is 534 g/mol. The van der Waals surface area contributed by atoms with E-state index >= 15 is 0 Å². The highest BCUT2D eigenvalue weighted by Gasteiger charge is 2.73. The Hall–Kier alpha value is -2.49. The lowest BCUT2D eigenvalue weighted by molar-refractivity contribution is -0.274. The van der Waals surface area contributed by atoms with Gasteiger partial charge in [0.1, 0.15) is 6.10 Å². The predicted molar refractivity (Wildman–Crippen MR) is 138 cm³/mol. The number of hydrogen-bond donors (Lipinski definition) is 2. The highest BCUT2D eigenvalue weighted by molar-refractivity contribution is 5.72. The van der Waals surface area contributed by atoms with Gasteiger partial charge in [-0.05, 0) is 49.0 Å². The second-order valence-electron chi connectivity index (χ2n) is 11.2. The minimum atomic E-state index is -1.44. The van der Waals surface area contributed by atoms with Gasteiger partial charge in [0.2, 0.25) is 12.6 Å². The highest BCUT2D eigenvalue weighted by atomic mass is 16.8. The van der Waals surface area contributed by atoms with Crippen molar-refractivity contribution >= 4 is 17.9 Å². The molecular weight excluding hydrogens is 492 g/mol. The summed E-state index contributed by atoms with van der Waals surface area (Å²) in [5, 5.41) is 23.2. The van der Waals surface area contributed by atoms with Crippen molar-refractivity contribution in [3.05, 3.63) is 36.5 Å². The number of ether oxygens (including phenoxy) is 4. The number of allylic oxidation sites excluding steroid dienone is 2. The highest BCUT2D eigenvalue weighted by Crippen LogP contribution is 2.67. The first-order chi connectivity index (χ1) is 17.7. The van der Waals surface area contributed by atoms with Gasteiger partial charge in [-0.25, -0.2) is 0 Å². The van der Waals surface area contributed by atoms with Crippen LogP contribution < -0.4 is 0 Å². The van der Waals surface area contributed by atoms with Crippen molar-refractivity contribution in [2.45, 2.75) is 98.1 Å². The van der Waals surface area contributed by atoms with Crippen molar-refractivity contribution in [3.63, 3.8) is 0 Å². The number of aliphatic hydroxyl groups is 2. The van der Waals surface area contributed by atoms with E-state index in [0.717, 1.165) is 5.57 Å². The molecule has 0 unspecified atom stereocenters. The summed E-state index contributed by atoms with van der Waals surface area (Å²) in [6, 6.07) is 0. The molecule has 212 valence electrons. The SMILES string of the molecule is C=CC(=C)CC[C@@]1(C)[C@H](C)[C@H](O)[C@H](O)[C@]23C(=C[C@@H](OC(=O)[C@H](C)CC)C[C@H]12)[C@@H](OC(C)=O)O[C@H]3OC(C)=O. The summed E-state index contributed by atoms with van der Waals surface area (Å²) >= 11 is 0. The van der Waals surface area contributed by atoms with Crippen LogP contribution in [0.3, 0.4) is 0 Å². The summed E-state index contributed by atoms with van der Waals surface area (Å²) in [4.78, 5) is 37.0. The van der Waals surface area contributed by atoms with Crippen LogP contribution in [0.25, 0.3) is 0 Å². The fourth-order valence-corrected chi connectivity index (χ4v) is 6.48. The largest absolute Gasteiger partial charge is 0.458 e. The Kier molecular flexibility index (Phi) is 8.95. The Labute approximate surface area is 224 Å². The van der Waals surface area contributed by atoms with Crippen molar-refractivity contribution in [2.75, 3.05) is 0 Å². The zero-order chi connectivity index (χ0) is 28.6. The zero-order valence-electron chi connectivity index (χ0n) is 23.3.